The molecule has 1 saturated heterocycles. The second-order valence-electron chi connectivity index (χ2n) is 4.16. The van der Waals surface area contributed by atoms with Gasteiger partial charge in [0.05, 0.1) is 0 Å². The third-order valence-corrected chi connectivity index (χ3v) is 4.05. The van der Waals surface area contributed by atoms with Gasteiger partial charge in [-0.25, -0.2) is 0 Å². The van der Waals surface area contributed by atoms with Gasteiger partial charge in [0.2, 0.25) is 0 Å². The molecule has 2 N–H and O–H groups in total. The highest BCUT2D eigenvalue weighted by molar-refractivity contribution is 9.10. The first-order chi connectivity index (χ1) is 7.72. The van der Waals surface area contributed by atoms with Crippen molar-refractivity contribution in [2.75, 3.05) is 19.6 Å². The van der Waals surface area contributed by atoms with Crippen molar-refractivity contribution < 1.29 is 0 Å². The molecule has 2 rings (SSSR count). The standard InChI is InChI=1S/C12H16BrClN2/c13-11-7-9(14)3-4-10(11)12(8-15)16-5-1-2-6-16/h3-4,7,12H,1-2,5-6,8,15H2. The van der Waals surface area contributed by atoms with Gasteiger partial charge < -0.3 is 5.73 Å². The van der Waals surface area contributed by atoms with Crippen molar-refractivity contribution in [1.82, 2.24) is 4.90 Å². The average Bonchev–Trinajstić information content (AvgIpc) is 2.75. The fourth-order valence-corrected chi connectivity index (χ4v) is 3.24. The molecular weight excluding hydrogens is 288 g/mol. The first-order valence-electron chi connectivity index (χ1n) is 5.61. The third-order valence-electron chi connectivity index (χ3n) is 3.13. The Labute approximate surface area is 110 Å². The van der Waals surface area contributed by atoms with Gasteiger partial charge in [0.1, 0.15) is 0 Å². The zero-order valence-electron chi connectivity index (χ0n) is 9.13. The SMILES string of the molecule is NCC(c1ccc(Cl)cc1Br)N1CCCC1. The van der Waals surface area contributed by atoms with E-state index < -0.39 is 0 Å². The summed E-state index contributed by atoms with van der Waals surface area (Å²) in [5.41, 5.74) is 7.14. The maximum absolute atomic E-state index is 5.95. The van der Waals surface area contributed by atoms with Gasteiger partial charge in [-0.2, -0.15) is 0 Å². The van der Waals surface area contributed by atoms with Crippen molar-refractivity contribution in [3.63, 3.8) is 0 Å². The van der Waals surface area contributed by atoms with Gasteiger partial charge >= 0.3 is 0 Å². The van der Waals surface area contributed by atoms with Gasteiger partial charge in [-0.1, -0.05) is 33.6 Å². The summed E-state index contributed by atoms with van der Waals surface area (Å²) < 4.78 is 1.06. The van der Waals surface area contributed by atoms with Gasteiger partial charge in [0, 0.05) is 22.1 Å². The topological polar surface area (TPSA) is 29.3 Å². The summed E-state index contributed by atoms with van der Waals surface area (Å²) >= 11 is 9.52. The van der Waals surface area contributed by atoms with Crippen molar-refractivity contribution in [3.05, 3.63) is 33.3 Å². The third kappa shape index (κ3) is 2.59. The van der Waals surface area contributed by atoms with E-state index in [9.17, 15) is 0 Å². The Morgan fingerprint density at radius 1 is 1.38 bits per heavy atom. The molecular formula is C12H16BrClN2. The monoisotopic (exact) mass is 302 g/mol. The van der Waals surface area contributed by atoms with Crippen molar-refractivity contribution >= 4 is 27.5 Å². The van der Waals surface area contributed by atoms with Gasteiger partial charge in [0.25, 0.3) is 0 Å². The van der Waals surface area contributed by atoms with E-state index in [-0.39, 0.29) is 0 Å². The fourth-order valence-electron chi connectivity index (χ4n) is 2.30. The second kappa shape index (κ2) is 5.50. The van der Waals surface area contributed by atoms with E-state index in [1.165, 1.54) is 18.4 Å². The molecule has 88 valence electrons. The lowest BCUT2D eigenvalue weighted by atomic mass is 10.1. The molecule has 0 amide bonds. The summed E-state index contributed by atoms with van der Waals surface area (Å²) in [6.07, 6.45) is 2.56. The smallest absolute Gasteiger partial charge is 0.0481 e. The van der Waals surface area contributed by atoms with E-state index in [1.54, 1.807) is 0 Å². The van der Waals surface area contributed by atoms with Crippen LogP contribution in [0.1, 0.15) is 24.4 Å². The number of rotatable bonds is 3. The van der Waals surface area contributed by atoms with E-state index in [2.05, 4.69) is 26.9 Å². The van der Waals surface area contributed by atoms with Crippen LogP contribution in [0.5, 0.6) is 0 Å². The number of benzene rings is 1. The summed E-state index contributed by atoms with van der Waals surface area (Å²) in [5.74, 6) is 0. The largest absolute Gasteiger partial charge is 0.329 e. The first-order valence-corrected chi connectivity index (χ1v) is 6.78. The van der Waals surface area contributed by atoms with Crippen LogP contribution in [0.2, 0.25) is 5.02 Å². The van der Waals surface area contributed by atoms with Crippen LogP contribution in [-0.2, 0) is 0 Å². The number of halogens is 2. The van der Waals surface area contributed by atoms with E-state index in [0.29, 0.717) is 12.6 Å². The maximum Gasteiger partial charge on any atom is 0.0481 e. The van der Waals surface area contributed by atoms with Crippen LogP contribution in [0.4, 0.5) is 0 Å². The lowest BCUT2D eigenvalue weighted by Gasteiger charge is -2.27. The molecule has 0 bridgehead atoms. The highest BCUT2D eigenvalue weighted by Crippen LogP contribution is 2.31. The minimum Gasteiger partial charge on any atom is -0.329 e. The minimum atomic E-state index is 0.314. The van der Waals surface area contributed by atoms with Gasteiger partial charge in [-0.15, -0.1) is 0 Å². The molecule has 0 saturated carbocycles. The molecule has 1 aliphatic rings. The number of likely N-dealkylation sites (tertiary alicyclic amines) is 1. The van der Waals surface area contributed by atoms with Crippen molar-refractivity contribution in [2.24, 2.45) is 5.73 Å². The molecule has 2 nitrogen and oxygen atoms in total. The number of hydrogen-bond donors (Lipinski definition) is 1. The highest BCUT2D eigenvalue weighted by Gasteiger charge is 2.23. The van der Waals surface area contributed by atoms with Crippen LogP contribution in [-0.4, -0.2) is 24.5 Å². The molecule has 1 atom stereocenters. The molecule has 0 aromatic heterocycles. The summed E-state index contributed by atoms with van der Waals surface area (Å²) in [7, 11) is 0. The summed E-state index contributed by atoms with van der Waals surface area (Å²) in [4.78, 5) is 2.45. The molecule has 0 radical (unpaired) electrons. The van der Waals surface area contributed by atoms with Crippen molar-refractivity contribution in [3.8, 4) is 0 Å². The number of hydrogen-bond acceptors (Lipinski definition) is 2. The lowest BCUT2D eigenvalue weighted by Crippen LogP contribution is -2.31. The number of nitrogens with two attached hydrogens (primary N) is 1. The predicted molar refractivity (Wildman–Crippen MR) is 71.8 cm³/mol. The lowest BCUT2D eigenvalue weighted by molar-refractivity contribution is 0.250. The Morgan fingerprint density at radius 3 is 2.62 bits per heavy atom. The van der Waals surface area contributed by atoms with Gasteiger partial charge in [0.15, 0.2) is 0 Å². The molecule has 1 fully saturated rings. The predicted octanol–water partition coefficient (Wildman–Crippen LogP) is 3.20. The van der Waals surface area contributed by atoms with Gasteiger partial charge in [-0.05, 0) is 43.6 Å². The summed E-state index contributed by atoms with van der Waals surface area (Å²) in [6, 6.07) is 6.26. The Morgan fingerprint density at radius 2 is 2.06 bits per heavy atom. The molecule has 1 aromatic rings. The Balaban J connectivity index is 2.25. The molecule has 16 heavy (non-hydrogen) atoms. The van der Waals surface area contributed by atoms with Crippen LogP contribution in [0.15, 0.2) is 22.7 Å². The highest BCUT2D eigenvalue weighted by atomic mass is 79.9. The molecule has 1 unspecified atom stereocenters. The average molecular weight is 304 g/mol. The first kappa shape index (κ1) is 12.4. The van der Waals surface area contributed by atoms with E-state index in [0.717, 1.165) is 22.6 Å². The molecule has 1 aliphatic heterocycles. The molecule has 4 heteroatoms. The Kier molecular flexibility index (Phi) is 4.25. The Bertz CT molecular complexity index is 364. The second-order valence-corrected chi connectivity index (χ2v) is 5.45. The minimum absolute atomic E-state index is 0.314. The van der Waals surface area contributed by atoms with Crippen molar-refractivity contribution in [1.29, 1.82) is 0 Å². The summed E-state index contributed by atoms with van der Waals surface area (Å²) in [5, 5.41) is 0.757. The summed E-state index contributed by atoms with van der Waals surface area (Å²) in [6.45, 7) is 2.95. The Hall–Kier alpha value is -0.0900. The van der Waals surface area contributed by atoms with E-state index >= 15 is 0 Å². The zero-order valence-corrected chi connectivity index (χ0v) is 11.5. The fraction of sp³-hybridized carbons (Fsp3) is 0.500. The van der Waals surface area contributed by atoms with Crippen LogP contribution in [0.3, 0.4) is 0 Å². The number of nitrogens with zero attached hydrogens (tertiary/aromatic N) is 1. The molecule has 0 aliphatic carbocycles. The van der Waals surface area contributed by atoms with Crippen LogP contribution < -0.4 is 5.73 Å². The quantitative estimate of drug-likeness (QED) is 0.929. The molecule has 0 spiro atoms. The van der Waals surface area contributed by atoms with E-state index in [4.69, 9.17) is 17.3 Å². The molecule has 1 aromatic carbocycles. The van der Waals surface area contributed by atoms with Crippen molar-refractivity contribution in [2.45, 2.75) is 18.9 Å². The van der Waals surface area contributed by atoms with Gasteiger partial charge in [-0.3, -0.25) is 4.90 Å². The van der Waals surface area contributed by atoms with Crippen LogP contribution >= 0.6 is 27.5 Å². The maximum atomic E-state index is 5.95. The zero-order chi connectivity index (χ0) is 11.5. The van der Waals surface area contributed by atoms with Crippen LogP contribution in [0.25, 0.3) is 0 Å². The van der Waals surface area contributed by atoms with E-state index in [1.807, 2.05) is 12.1 Å². The normalized spacial score (nSPS) is 18.9. The van der Waals surface area contributed by atoms with Crippen LogP contribution in [0, 0.1) is 0 Å². The molecule has 1 heterocycles.